The molecule has 6 nitrogen and oxygen atoms in total. The molecule has 0 spiro atoms. The molecule has 0 aromatic heterocycles. The SMILES string of the molecule is CC1(C)OB(C(=Cc2cccc(N3CCCCC3)c2)CNC(=O)OCc2ccccc2)OC1(C)C. The molecular weight excluding hydrogens is 439 g/mol. The van der Waals surface area contributed by atoms with Gasteiger partial charge in [0.25, 0.3) is 0 Å². The average Bonchev–Trinajstić information content (AvgIpc) is 3.08. The molecule has 2 aliphatic rings. The zero-order valence-corrected chi connectivity index (χ0v) is 21.4. The third kappa shape index (κ3) is 6.47. The molecule has 0 bridgehead atoms. The van der Waals surface area contributed by atoms with Crippen LogP contribution in [0.4, 0.5) is 10.5 Å². The first-order valence-corrected chi connectivity index (χ1v) is 12.6. The van der Waals surface area contributed by atoms with E-state index in [1.54, 1.807) is 0 Å². The highest BCUT2D eigenvalue weighted by atomic mass is 16.7. The summed E-state index contributed by atoms with van der Waals surface area (Å²) in [5, 5.41) is 2.88. The molecule has 2 aromatic carbocycles. The summed E-state index contributed by atoms with van der Waals surface area (Å²) >= 11 is 0. The van der Waals surface area contributed by atoms with Crippen molar-refractivity contribution >= 4 is 25.0 Å². The molecule has 0 unspecified atom stereocenters. The Morgan fingerprint density at radius 3 is 2.37 bits per heavy atom. The molecule has 4 rings (SSSR count). The van der Waals surface area contributed by atoms with E-state index in [1.165, 1.54) is 24.9 Å². The number of hydrogen-bond acceptors (Lipinski definition) is 5. The lowest BCUT2D eigenvalue weighted by atomic mass is 9.77. The Balaban J connectivity index is 1.49. The highest BCUT2D eigenvalue weighted by Gasteiger charge is 2.52. The summed E-state index contributed by atoms with van der Waals surface area (Å²) in [6.45, 7) is 10.8. The lowest BCUT2D eigenvalue weighted by molar-refractivity contribution is 0.00578. The smallest absolute Gasteiger partial charge is 0.445 e. The molecule has 2 saturated heterocycles. The zero-order chi connectivity index (χ0) is 24.9. The van der Waals surface area contributed by atoms with Crippen molar-refractivity contribution in [2.24, 2.45) is 0 Å². The van der Waals surface area contributed by atoms with Crippen molar-refractivity contribution in [3.63, 3.8) is 0 Å². The molecule has 2 aliphatic heterocycles. The van der Waals surface area contributed by atoms with Crippen LogP contribution in [0.2, 0.25) is 0 Å². The summed E-state index contributed by atoms with van der Waals surface area (Å²) < 4.78 is 18.0. The average molecular weight is 476 g/mol. The highest BCUT2D eigenvalue weighted by molar-refractivity contribution is 6.56. The number of piperidine rings is 1. The second-order valence-electron chi connectivity index (χ2n) is 10.4. The minimum absolute atomic E-state index is 0.222. The first kappa shape index (κ1) is 25.3. The topological polar surface area (TPSA) is 60.0 Å². The van der Waals surface area contributed by atoms with E-state index in [-0.39, 0.29) is 13.2 Å². The van der Waals surface area contributed by atoms with E-state index >= 15 is 0 Å². The van der Waals surface area contributed by atoms with Crippen molar-refractivity contribution in [1.82, 2.24) is 5.32 Å². The lowest BCUT2D eigenvalue weighted by Crippen LogP contribution is -2.41. The van der Waals surface area contributed by atoms with Crippen LogP contribution in [0.5, 0.6) is 0 Å². The Morgan fingerprint density at radius 1 is 1.00 bits per heavy atom. The number of nitrogens with zero attached hydrogens (tertiary/aromatic N) is 1. The Kier molecular flexibility index (Phi) is 7.87. The van der Waals surface area contributed by atoms with Gasteiger partial charge in [-0.2, -0.15) is 0 Å². The summed E-state index contributed by atoms with van der Waals surface area (Å²) in [6.07, 6.45) is 5.35. The number of ether oxygens (including phenoxy) is 1. The molecule has 0 atom stereocenters. The van der Waals surface area contributed by atoms with Gasteiger partial charge in [0.15, 0.2) is 0 Å². The summed E-state index contributed by atoms with van der Waals surface area (Å²) in [5.41, 5.74) is 3.12. The number of alkyl carbamates (subject to hydrolysis) is 1. The number of rotatable bonds is 7. The predicted octanol–water partition coefficient (Wildman–Crippen LogP) is 5.62. The molecule has 2 aromatic rings. The second-order valence-corrected chi connectivity index (χ2v) is 10.4. The maximum atomic E-state index is 12.5. The fourth-order valence-corrected chi connectivity index (χ4v) is 4.32. The van der Waals surface area contributed by atoms with Gasteiger partial charge in [-0.05, 0) is 75.7 Å². The van der Waals surface area contributed by atoms with E-state index in [0.717, 1.165) is 29.7 Å². The van der Waals surface area contributed by atoms with E-state index < -0.39 is 24.4 Å². The third-order valence-electron chi connectivity index (χ3n) is 7.15. The van der Waals surface area contributed by atoms with E-state index in [1.807, 2.05) is 58.0 Å². The zero-order valence-electron chi connectivity index (χ0n) is 21.4. The van der Waals surface area contributed by atoms with Crippen LogP contribution in [0.25, 0.3) is 6.08 Å². The Labute approximate surface area is 209 Å². The number of benzene rings is 2. The fourth-order valence-electron chi connectivity index (χ4n) is 4.32. The van der Waals surface area contributed by atoms with Crippen LogP contribution in [0.3, 0.4) is 0 Å². The Morgan fingerprint density at radius 2 is 1.69 bits per heavy atom. The maximum absolute atomic E-state index is 12.5. The van der Waals surface area contributed by atoms with Crippen molar-refractivity contribution in [3.05, 3.63) is 71.2 Å². The Hall–Kier alpha value is -2.77. The van der Waals surface area contributed by atoms with Crippen molar-refractivity contribution in [2.75, 3.05) is 24.5 Å². The van der Waals surface area contributed by atoms with Crippen molar-refractivity contribution in [2.45, 2.75) is 64.8 Å². The van der Waals surface area contributed by atoms with E-state index in [0.29, 0.717) is 0 Å². The molecule has 2 heterocycles. The van der Waals surface area contributed by atoms with Gasteiger partial charge in [-0.3, -0.25) is 0 Å². The number of anilines is 1. The largest absolute Gasteiger partial charge is 0.492 e. The van der Waals surface area contributed by atoms with Gasteiger partial charge < -0.3 is 24.3 Å². The molecule has 1 N–H and O–H groups in total. The minimum atomic E-state index is -0.562. The van der Waals surface area contributed by atoms with Crippen LogP contribution in [-0.2, 0) is 20.7 Å². The van der Waals surface area contributed by atoms with Crippen molar-refractivity contribution in [1.29, 1.82) is 0 Å². The van der Waals surface area contributed by atoms with Gasteiger partial charge >= 0.3 is 13.2 Å². The highest BCUT2D eigenvalue weighted by Crippen LogP contribution is 2.39. The monoisotopic (exact) mass is 476 g/mol. The van der Waals surface area contributed by atoms with Gasteiger partial charge in [-0.1, -0.05) is 48.5 Å². The molecule has 7 heteroatoms. The molecular formula is C28H37BN2O4. The van der Waals surface area contributed by atoms with E-state index in [2.05, 4.69) is 40.6 Å². The van der Waals surface area contributed by atoms with Crippen LogP contribution >= 0.6 is 0 Å². The summed E-state index contributed by atoms with van der Waals surface area (Å²) in [6, 6.07) is 18.2. The van der Waals surface area contributed by atoms with Gasteiger partial charge in [0, 0.05) is 25.3 Å². The summed E-state index contributed by atoms with van der Waals surface area (Å²) in [7, 11) is -0.562. The van der Waals surface area contributed by atoms with E-state index in [4.69, 9.17) is 14.0 Å². The molecule has 35 heavy (non-hydrogen) atoms. The van der Waals surface area contributed by atoms with Crippen LogP contribution in [0.15, 0.2) is 60.1 Å². The van der Waals surface area contributed by atoms with Gasteiger partial charge in [0.05, 0.1) is 11.2 Å². The molecule has 0 radical (unpaired) electrons. The number of amides is 1. The van der Waals surface area contributed by atoms with Gasteiger partial charge in [0.2, 0.25) is 0 Å². The number of nitrogens with one attached hydrogen (secondary N) is 1. The van der Waals surface area contributed by atoms with Gasteiger partial charge in [-0.25, -0.2) is 4.79 Å². The molecule has 1 amide bonds. The number of carbonyl (C=O) groups excluding carboxylic acids is 1. The quantitative estimate of drug-likeness (QED) is 0.526. The van der Waals surface area contributed by atoms with Crippen LogP contribution in [-0.4, -0.2) is 44.0 Å². The maximum Gasteiger partial charge on any atom is 0.492 e. The lowest BCUT2D eigenvalue weighted by Gasteiger charge is -2.32. The molecule has 186 valence electrons. The summed E-state index contributed by atoms with van der Waals surface area (Å²) in [5.74, 6) is 0. The first-order valence-electron chi connectivity index (χ1n) is 12.6. The second kappa shape index (κ2) is 10.9. The van der Waals surface area contributed by atoms with Crippen LogP contribution in [0.1, 0.15) is 58.1 Å². The molecule has 2 fully saturated rings. The van der Waals surface area contributed by atoms with E-state index in [9.17, 15) is 4.79 Å². The predicted molar refractivity (Wildman–Crippen MR) is 141 cm³/mol. The van der Waals surface area contributed by atoms with Gasteiger partial charge in [0.1, 0.15) is 6.61 Å². The van der Waals surface area contributed by atoms with Crippen LogP contribution < -0.4 is 10.2 Å². The third-order valence-corrected chi connectivity index (χ3v) is 7.15. The molecule has 0 saturated carbocycles. The standard InChI is InChI=1S/C28H37BN2O4/c1-27(2)28(3,4)35-29(34-27)24(20-30-26(32)33-21-22-12-7-5-8-13-22)18-23-14-11-15-25(19-23)31-16-9-6-10-17-31/h5,7-8,11-15,18-19H,6,9-10,16-17,20-21H2,1-4H3,(H,30,32). The van der Waals surface area contributed by atoms with Crippen molar-refractivity contribution in [3.8, 4) is 0 Å². The summed E-state index contributed by atoms with van der Waals surface area (Å²) in [4.78, 5) is 14.9. The first-order chi connectivity index (χ1) is 16.7. The Bertz CT molecular complexity index is 1020. The minimum Gasteiger partial charge on any atom is -0.445 e. The normalized spacial score (nSPS) is 19.5. The molecule has 0 aliphatic carbocycles. The number of carbonyl (C=O) groups is 1. The number of hydrogen-bond donors (Lipinski definition) is 1. The van der Waals surface area contributed by atoms with Crippen LogP contribution in [0, 0.1) is 0 Å². The van der Waals surface area contributed by atoms with Crippen molar-refractivity contribution < 1.29 is 18.8 Å². The fraction of sp³-hybridized carbons (Fsp3) is 0.464. The van der Waals surface area contributed by atoms with Gasteiger partial charge in [-0.15, -0.1) is 0 Å².